The molecule has 0 bridgehead atoms. The Bertz CT molecular complexity index is 965. The van der Waals surface area contributed by atoms with Gasteiger partial charge in [-0.25, -0.2) is 9.97 Å². The van der Waals surface area contributed by atoms with Crippen molar-refractivity contribution in [3.8, 4) is 11.5 Å². The van der Waals surface area contributed by atoms with Crippen molar-refractivity contribution in [2.45, 2.75) is 32.4 Å². The Morgan fingerprint density at radius 3 is 2.42 bits per heavy atom. The number of alkyl halides is 3. The summed E-state index contributed by atoms with van der Waals surface area (Å²) >= 11 is 0. The maximum Gasteiger partial charge on any atom is 0.416 e. The van der Waals surface area contributed by atoms with E-state index in [9.17, 15) is 18.0 Å². The van der Waals surface area contributed by atoms with Gasteiger partial charge < -0.3 is 9.40 Å². The minimum absolute atomic E-state index is 0.0520. The number of fused-ring (bicyclic) bond motifs is 1. The number of halogens is 3. The Labute approximate surface area is 134 Å². The number of rotatable bonds is 1. The molecule has 2 heterocycles. The molecular formula is C16H14F3N3O2. The molecule has 0 saturated heterocycles. The molecule has 2 aromatic heterocycles. The van der Waals surface area contributed by atoms with Gasteiger partial charge in [0, 0.05) is 5.41 Å². The van der Waals surface area contributed by atoms with Crippen LogP contribution in [0, 0.1) is 0 Å². The molecule has 0 atom stereocenters. The molecule has 0 radical (unpaired) electrons. The molecule has 5 nitrogen and oxygen atoms in total. The van der Waals surface area contributed by atoms with Gasteiger partial charge in [0.05, 0.1) is 16.5 Å². The minimum atomic E-state index is -4.51. The lowest BCUT2D eigenvalue weighted by Gasteiger charge is -2.11. The van der Waals surface area contributed by atoms with Gasteiger partial charge in [0.25, 0.3) is 5.56 Å². The number of hydrogen-bond donors (Lipinski definition) is 1. The Hall–Kier alpha value is -2.64. The first kappa shape index (κ1) is 16.2. The van der Waals surface area contributed by atoms with Crippen molar-refractivity contribution >= 4 is 10.9 Å². The molecule has 0 amide bonds. The number of nitrogens with one attached hydrogen (secondary N) is 1. The summed E-state index contributed by atoms with van der Waals surface area (Å²) in [6.07, 6.45) is -3.19. The summed E-state index contributed by atoms with van der Waals surface area (Å²) in [5, 5.41) is 0.0753. The Morgan fingerprint density at radius 1 is 1.12 bits per heavy atom. The molecule has 8 heteroatoms. The highest BCUT2D eigenvalue weighted by atomic mass is 19.4. The number of hydrogen-bond acceptors (Lipinski definition) is 4. The zero-order valence-corrected chi connectivity index (χ0v) is 13.2. The van der Waals surface area contributed by atoms with E-state index in [-0.39, 0.29) is 27.8 Å². The van der Waals surface area contributed by atoms with Crippen molar-refractivity contribution in [2.75, 3.05) is 0 Å². The van der Waals surface area contributed by atoms with E-state index in [0.717, 1.165) is 18.2 Å². The molecule has 0 aliphatic rings. The zero-order chi connectivity index (χ0) is 17.7. The smallest absolute Gasteiger partial charge is 0.416 e. The molecule has 0 unspecified atom stereocenters. The second kappa shape index (κ2) is 5.19. The third-order valence-electron chi connectivity index (χ3n) is 3.42. The maximum atomic E-state index is 12.8. The second-order valence-corrected chi connectivity index (χ2v) is 6.43. The molecule has 1 aromatic carbocycles. The van der Waals surface area contributed by atoms with Gasteiger partial charge in [-0.1, -0.05) is 20.8 Å². The van der Waals surface area contributed by atoms with Gasteiger partial charge in [-0.3, -0.25) is 4.79 Å². The zero-order valence-electron chi connectivity index (χ0n) is 13.2. The molecule has 0 aliphatic heterocycles. The molecule has 3 aromatic rings. The minimum Gasteiger partial charge on any atom is -0.448 e. The van der Waals surface area contributed by atoms with Gasteiger partial charge in [0.2, 0.25) is 0 Å². The van der Waals surface area contributed by atoms with Gasteiger partial charge in [-0.2, -0.15) is 13.2 Å². The van der Waals surface area contributed by atoms with E-state index in [2.05, 4.69) is 15.0 Å². The van der Waals surface area contributed by atoms with Crippen molar-refractivity contribution < 1.29 is 17.6 Å². The number of aromatic amines is 1. The molecule has 126 valence electrons. The topological polar surface area (TPSA) is 71.8 Å². The van der Waals surface area contributed by atoms with E-state index in [0.29, 0.717) is 5.89 Å². The number of oxazole rings is 1. The van der Waals surface area contributed by atoms with E-state index < -0.39 is 17.3 Å². The lowest BCUT2D eigenvalue weighted by atomic mass is 9.97. The lowest BCUT2D eigenvalue weighted by molar-refractivity contribution is -0.137. The summed E-state index contributed by atoms with van der Waals surface area (Å²) in [7, 11) is 0. The fourth-order valence-corrected chi connectivity index (χ4v) is 2.16. The van der Waals surface area contributed by atoms with Crippen LogP contribution in [-0.4, -0.2) is 15.0 Å². The molecule has 1 N–H and O–H groups in total. The average molecular weight is 337 g/mol. The van der Waals surface area contributed by atoms with Crippen LogP contribution in [0.1, 0.15) is 32.2 Å². The first-order valence-corrected chi connectivity index (χ1v) is 7.13. The summed E-state index contributed by atoms with van der Waals surface area (Å²) in [6, 6.07) is 2.81. The van der Waals surface area contributed by atoms with Crippen molar-refractivity contribution in [3.63, 3.8) is 0 Å². The van der Waals surface area contributed by atoms with Crippen LogP contribution in [-0.2, 0) is 11.6 Å². The highest BCUT2D eigenvalue weighted by molar-refractivity contribution is 5.79. The van der Waals surface area contributed by atoms with Crippen molar-refractivity contribution in [3.05, 3.63) is 46.3 Å². The third-order valence-corrected chi connectivity index (χ3v) is 3.42. The van der Waals surface area contributed by atoms with Crippen LogP contribution in [0.15, 0.2) is 33.7 Å². The van der Waals surface area contributed by atoms with Crippen LogP contribution in [0.5, 0.6) is 0 Å². The lowest BCUT2D eigenvalue weighted by Crippen LogP contribution is -2.13. The van der Waals surface area contributed by atoms with E-state index in [1.54, 1.807) is 0 Å². The standard InChI is InChI=1S/C16H14F3N3O2/c1-15(2,3)14-21-11(7-24-14)12-20-10-6-8(16(17,18)19)4-5-9(10)13(23)22-12/h4-7H,1-3H3,(H,20,22,23). The Balaban J connectivity index is 2.16. The third kappa shape index (κ3) is 2.91. The van der Waals surface area contributed by atoms with Gasteiger partial charge in [0.15, 0.2) is 11.7 Å². The molecule has 24 heavy (non-hydrogen) atoms. The highest BCUT2D eigenvalue weighted by Crippen LogP contribution is 2.31. The monoisotopic (exact) mass is 337 g/mol. The van der Waals surface area contributed by atoms with Crippen molar-refractivity contribution in [1.29, 1.82) is 0 Å². The van der Waals surface area contributed by atoms with E-state index in [1.807, 2.05) is 20.8 Å². The number of nitrogens with zero attached hydrogens (tertiary/aromatic N) is 2. The van der Waals surface area contributed by atoms with E-state index in [4.69, 9.17) is 4.42 Å². The summed E-state index contributed by atoms with van der Waals surface area (Å²) < 4.78 is 43.9. The van der Waals surface area contributed by atoms with Crippen LogP contribution in [0.2, 0.25) is 0 Å². The molecule has 0 saturated carbocycles. The van der Waals surface area contributed by atoms with Gasteiger partial charge in [-0.05, 0) is 18.2 Å². The number of aromatic nitrogens is 3. The Kier molecular flexibility index (Phi) is 3.51. The van der Waals surface area contributed by atoms with Gasteiger partial charge in [0.1, 0.15) is 12.0 Å². The maximum absolute atomic E-state index is 12.8. The highest BCUT2D eigenvalue weighted by Gasteiger charge is 2.31. The van der Waals surface area contributed by atoms with Crippen LogP contribution in [0.3, 0.4) is 0 Å². The average Bonchev–Trinajstić information content (AvgIpc) is 2.95. The molecule has 0 aliphatic carbocycles. The van der Waals surface area contributed by atoms with Gasteiger partial charge >= 0.3 is 6.18 Å². The van der Waals surface area contributed by atoms with Crippen LogP contribution in [0.4, 0.5) is 13.2 Å². The first-order valence-electron chi connectivity index (χ1n) is 7.13. The van der Waals surface area contributed by atoms with E-state index >= 15 is 0 Å². The van der Waals surface area contributed by atoms with Crippen LogP contribution >= 0.6 is 0 Å². The van der Waals surface area contributed by atoms with E-state index in [1.165, 1.54) is 6.26 Å². The largest absolute Gasteiger partial charge is 0.448 e. The molecular weight excluding hydrogens is 323 g/mol. The quantitative estimate of drug-likeness (QED) is 0.731. The molecule has 0 spiro atoms. The molecule has 3 rings (SSSR count). The SMILES string of the molecule is CC(C)(C)c1nc(-c2nc3cc(C(F)(F)F)ccc3c(=O)[nH]2)co1. The van der Waals surface area contributed by atoms with Crippen LogP contribution < -0.4 is 5.56 Å². The summed E-state index contributed by atoms with van der Waals surface area (Å²) in [6.45, 7) is 5.69. The van der Waals surface area contributed by atoms with Crippen LogP contribution in [0.25, 0.3) is 22.4 Å². The van der Waals surface area contributed by atoms with Gasteiger partial charge in [-0.15, -0.1) is 0 Å². The molecule has 0 fully saturated rings. The van der Waals surface area contributed by atoms with Crippen molar-refractivity contribution in [2.24, 2.45) is 0 Å². The first-order chi connectivity index (χ1) is 11.1. The number of benzene rings is 1. The summed E-state index contributed by atoms with van der Waals surface area (Å²) in [5.41, 5.74) is -1.54. The fourth-order valence-electron chi connectivity index (χ4n) is 2.16. The summed E-state index contributed by atoms with van der Waals surface area (Å²) in [4.78, 5) is 23.0. The van der Waals surface area contributed by atoms with Crippen molar-refractivity contribution in [1.82, 2.24) is 15.0 Å². The predicted molar refractivity (Wildman–Crippen MR) is 81.6 cm³/mol. The fraction of sp³-hybridized carbons (Fsp3) is 0.312. The second-order valence-electron chi connectivity index (χ2n) is 6.43. The number of H-pyrrole nitrogens is 1. The predicted octanol–water partition coefficient (Wildman–Crippen LogP) is 3.89. The summed E-state index contributed by atoms with van der Waals surface area (Å²) in [5.74, 6) is 0.496. The Morgan fingerprint density at radius 2 is 1.83 bits per heavy atom. The normalized spacial score (nSPS) is 12.8.